The molecule has 0 saturated heterocycles. The molecule has 0 amide bonds. The van der Waals surface area contributed by atoms with E-state index in [0.717, 1.165) is 11.1 Å². The maximum Gasteiger partial charge on any atom is 0.241 e. The van der Waals surface area contributed by atoms with E-state index in [0.29, 0.717) is 6.42 Å². The first-order valence-electron chi connectivity index (χ1n) is 6.77. The molecule has 0 aromatic heterocycles. The van der Waals surface area contributed by atoms with Crippen LogP contribution in [0.1, 0.15) is 11.1 Å². The van der Waals surface area contributed by atoms with E-state index in [1.54, 1.807) is 30.3 Å². The summed E-state index contributed by atoms with van der Waals surface area (Å²) in [4.78, 5) is 0.271. The zero-order valence-corrected chi connectivity index (χ0v) is 12.8. The third-order valence-electron chi connectivity index (χ3n) is 3.22. The highest BCUT2D eigenvalue weighted by Gasteiger charge is 2.18. The van der Waals surface area contributed by atoms with Gasteiger partial charge in [-0.25, -0.2) is 13.1 Å². The summed E-state index contributed by atoms with van der Waals surface area (Å²) in [6.45, 7) is 5.64. The highest BCUT2D eigenvalue weighted by Crippen LogP contribution is 2.12. The van der Waals surface area contributed by atoms with Crippen molar-refractivity contribution in [3.63, 3.8) is 0 Å². The molecular weight excluding hydrogens is 282 g/mol. The van der Waals surface area contributed by atoms with Gasteiger partial charge >= 0.3 is 0 Å². The summed E-state index contributed by atoms with van der Waals surface area (Å²) >= 11 is 0. The van der Waals surface area contributed by atoms with E-state index < -0.39 is 10.0 Å². The first kappa shape index (κ1) is 15.5. The van der Waals surface area contributed by atoms with Gasteiger partial charge in [-0.3, -0.25) is 0 Å². The van der Waals surface area contributed by atoms with Crippen LogP contribution in [-0.4, -0.2) is 14.5 Å². The molecule has 1 atom stereocenters. The minimum atomic E-state index is -3.53. The second-order valence-corrected chi connectivity index (χ2v) is 6.68. The van der Waals surface area contributed by atoms with Gasteiger partial charge in [0, 0.05) is 6.04 Å². The van der Waals surface area contributed by atoms with Gasteiger partial charge in [0.25, 0.3) is 0 Å². The van der Waals surface area contributed by atoms with Gasteiger partial charge in [0.2, 0.25) is 10.0 Å². The molecule has 2 aromatic rings. The summed E-state index contributed by atoms with van der Waals surface area (Å²) in [5.41, 5.74) is 2.09. The van der Waals surface area contributed by atoms with Crippen molar-refractivity contribution in [3.05, 3.63) is 78.4 Å². The van der Waals surface area contributed by atoms with Gasteiger partial charge in [-0.05, 0) is 31.0 Å². The van der Waals surface area contributed by atoms with Crippen molar-refractivity contribution in [1.29, 1.82) is 0 Å². The Morgan fingerprint density at radius 2 is 1.71 bits per heavy atom. The fraction of sp³-hybridized carbons (Fsp3) is 0.176. The maximum atomic E-state index is 12.3. The molecule has 1 unspecified atom stereocenters. The Hall–Kier alpha value is -1.91. The van der Waals surface area contributed by atoms with Crippen LogP contribution < -0.4 is 4.72 Å². The second-order valence-electron chi connectivity index (χ2n) is 4.97. The van der Waals surface area contributed by atoms with Gasteiger partial charge in [-0.1, -0.05) is 54.1 Å². The molecule has 0 bridgehead atoms. The lowest BCUT2D eigenvalue weighted by Gasteiger charge is -2.15. The lowest BCUT2D eigenvalue weighted by Crippen LogP contribution is -2.34. The summed E-state index contributed by atoms with van der Waals surface area (Å²) < 4.78 is 27.4. The molecule has 0 aliphatic heterocycles. The molecule has 0 saturated carbocycles. The molecule has 0 radical (unpaired) electrons. The van der Waals surface area contributed by atoms with Crippen LogP contribution in [0, 0.1) is 6.92 Å². The quantitative estimate of drug-likeness (QED) is 0.834. The van der Waals surface area contributed by atoms with E-state index in [-0.39, 0.29) is 10.9 Å². The van der Waals surface area contributed by atoms with Crippen molar-refractivity contribution in [2.75, 3.05) is 0 Å². The molecule has 4 heteroatoms. The van der Waals surface area contributed by atoms with Crippen LogP contribution in [0.5, 0.6) is 0 Å². The van der Waals surface area contributed by atoms with Crippen molar-refractivity contribution >= 4 is 10.0 Å². The molecule has 2 rings (SSSR count). The topological polar surface area (TPSA) is 46.2 Å². The number of sulfonamides is 1. The average molecular weight is 301 g/mol. The normalized spacial score (nSPS) is 12.8. The van der Waals surface area contributed by atoms with Crippen molar-refractivity contribution in [2.45, 2.75) is 24.3 Å². The third kappa shape index (κ3) is 4.28. The monoisotopic (exact) mass is 301 g/mol. The molecule has 1 N–H and O–H groups in total. The Balaban J connectivity index is 2.14. The molecule has 0 aliphatic rings. The van der Waals surface area contributed by atoms with Crippen LogP contribution in [0.15, 0.2) is 72.1 Å². The number of aryl methyl sites for hydroxylation is 1. The minimum absolute atomic E-state index is 0.271. The first-order chi connectivity index (χ1) is 10.0. The van der Waals surface area contributed by atoms with Gasteiger partial charge in [-0.2, -0.15) is 0 Å². The lowest BCUT2D eigenvalue weighted by molar-refractivity contribution is 0.570. The summed E-state index contributed by atoms with van der Waals surface area (Å²) in [7, 11) is -3.53. The van der Waals surface area contributed by atoms with Crippen LogP contribution in [0.3, 0.4) is 0 Å². The van der Waals surface area contributed by atoms with E-state index in [9.17, 15) is 8.42 Å². The molecule has 21 heavy (non-hydrogen) atoms. The van der Waals surface area contributed by atoms with Crippen LogP contribution in [-0.2, 0) is 16.4 Å². The number of benzene rings is 2. The Morgan fingerprint density at radius 3 is 2.29 bits per heavy atom. The molecule has 3 nitrogen and oxygen atoms in total. The summed E-state index contributed by atoms with van der Waals surface area (Å²) in [5, 5.41) is 0. The minimum Gasteiger partial charge on any atom is -0.207 e. The predicted molar refractivity (Wildman–Crippen MR) is 85.6 cm³/mol. The molecule has 0 fully saturated rings. The molecule has 0 aliphatic carbocycles. The number of rotatable bonds is 6. The fourth-order valence-electron chi connectivity index (χ4n) is 2.03. The number of hydrogen-bond acceptors (Lipinski definition) is 2. The smallest absolute Gasteiger partial charge is 0.207 e. The fourth-order valence-corrected chi connectivity index (χ4v) is 3.23. The Bertz CT molecular complexity index is 691. The SMILES string of the molecule is C=CC(Cc1ccccc1)NS(=O)(=O)c1ccc(C)cc1. The number of hydrogen-bond donors (Lipinski definition) is 1. The van der Waals surface area contributed by atoms with Crippen molar-refractivity contribution in [3.8, 4) is 0 Å². The number of nitrogens with one attached hydrogen (secondary N) is 1. The van der Waals surface area contributed by atoms with Gasteiger partial charge in [-0.15, -0.1) is 6.58 Å². The molecular formula is C17H19NO2S. The summed E-state index contributed by atoms with van der Waals surface area (Å²) in [5.74, 6) is 0. The Morgan fingerprint density at radius 1 is 1.10 bits per heavy atom. The van der Waals surface area contributed by atoms with Crippen LogP contribution in [0.25, 0.3) is 0 Å². The van der Waals surface area contributed by atoms with Crippen LogP contribution in [0.2, 0.25) is 0 Å². The molecule has 0 spiro atoms. The van der Waals surface area contributed by atoms with Crippen LogP contribution in [0.4, 0.5) is 0 Å². The van der Waals surface area contributed by atoms with Gasteiger partial charge < -0.3 is 0 Å². The Kier molecular flexibility index (Phi) is 4.94. The van der Waals surface area contributed by atoms with E-state index in [4.69, 9.17) is 0 Å². The van der Waals surface area contributed by atoms with E-state index in [1.807, 2.05) is 37.3 Å². The molecule has 0 heterocycles. The van der Waals surface area contributed by atoms with Crippen molar-refractivity contribution < 1.29 is 8.42 Å². The second kappa shape index (κ2) is 6.70. The largest absolute Gasteiger partial charge is 0.241 e. The zero-order valence-electron chi connectivity index (χ0n) is 12.0. The van der Waals surface area contributed by atoms with Crippen molar-refractivity contribution in [2.24, 2.45) is 0 Å². The maximum absolute atomic E-state index is 12.3. The van der Waals surface area contributed by atoms with Gasteiger partial charge in [0.1, 0.15) is 0 Å². The Labute approximate surface area is 126 Å². The third-order valence-corrected chi connectivity index (χ3v) is 4.73. The van der Waals surface area contributed by atoms with Gasteiger partial charge in [0.15, 0.2) is 0 Å². The highest BCUT2D eigenvalue weighted by molar-refractivity contribution is 7.89. The summed E-state index contributed by atoms with van der Waals surface area (Å²) in [6.07, 6.45) is 2.20. The average Bonchev–Trinajstić information content (AvgIpc) is 2.48. The van der Waals surface area contributed by atoms with E-state index in [2.05, 4.69) is 11.3 Å². The van der Waals surface area contributed by atoms with E-state index >= 15 is 0 Å². The van der Waals surface area contributed by atoms with Gasteiger partial charge in [0.05, 0.1) is 4.90 Å². The lowest BCUT2D eigenvalue weighted by atomic mass is 10.1. The predicted octanol–water partition coefficient (Wildman–Crippen LogP) is 3.07. The highest BCUT2D eigenvalue weighted by atomic mass is 32.2. The van der Waals surface area contributed by atoms with Crippen LogP contribution >= 0.6 is 0 Å². The zero-order chi connectivity index (χ0) is 15.3. The molecule has 110 valence electrons. The first-order valence-corrected chi connectivity index (χ1v) is 8.25. The molecule has 2 aromatic carbocycles. The van der Waals surface area contributed by atoms with E-state index in [1.165, 1.54) is 0 Å². The standard InChI is InChI=1S/C17H19NO2S/c1-3-16(13-15-7-5-4-6-8-15)18-21(19,20)17-11-9-14(2)10-12-17/h3-12,16,18H,1,13H2,2H3. The summed E-state index contributed by atoms with van der Waals surface area (Å²) in [6, 6.07) is 16.2. The van der Waals surface area contributed by atoms with Crippen molar-refractivity contribution in [1.82, 2.24) is 4.72 Å².